The van der Waals surface area contributed by atoms with Gasteiger partial charge in [-0.1, -0.05) is 6.42 Å². The Kier molecular flexibility index (Phi) is 5.00. The van der Waals surface area contributed by atoms with Crippen LogP contribution in [0.4, 0.5) is 11.8 Å². The smallest absolute Gasteiger partial charge is 0.227 e. The average Bonchev–Trinajstić information content (AvgIpc) is 2.66. The van der Waals surface area contributed by atoms with Gasteiger partial charge in [-0.25, -0.2) is 4.98 Å². The van der Waals surface area contributed by atoms with Crippen molar-refractivity contribution in [2.45, 2.75) is 52.9 Å². The molecule has 1 aliphatic carbocycles. The van der Waals surface area contributed by atoms with E-state index >= 15 is 0 Å². The van der Waals surface area contributed by atoms with Gasteiger partial charge < -0.3 is 10.2 Å². The highest BCUT2D eigenvalue weighted by Gasteiger charge is 2.18. The minimum Gasteiger partial charge on any atom is -0.370 e. The second-order valence-corrected chi connectivity index (χ2v) is 5.06. The van der Waals surface area contributed by atoms with Crippen LogP contribution in [0.15, 0.2) is 0 Å². The Morgan fingerprint density at radius 2 is 1.74 bits per heavy atom. The molecule has 1 N–H and O–H groups in total. The Morgan fingerprint density at radius 3 is 2.42 bits per heavy atom. The summed E-state index contributed by atoms with van der Waals surface area (Å²) >= 11 is 0. The summed E-state index contributed by atoms with van der Waals surface area (Å²) in [5.74, 6) is 1.96. The number of nitrogens with zero attached hydrogens (tertiary/aromatic N) is 3. The molecule has 0 atom stereocenters. The molecule has 0 bridgehead atoms. The minimum atomic E-state index is 0.890. The van der Waals surface area contributed by atoms with Crippen molar-refractivity contribution < 1.29 is 0 Å². The molecule has 19 heavy (non-hydrogen) atoms. The third kappa shape index (κ3) is 3.17. The maximum atomic E-state index is 4.83. The minimum absolute atomic E-state index is 0.890. The molecule has 0 aliphatic heterocycles. The molecule has 0 unspecified atom stereocenters. The molecule has 4 nitrogen and oxygen atoms in total. The SMILES string of the molecule is CCNc1nc(N(CC)CC)nc2c1CCCCC2. The van der Waals surface area contributed by atoms with Crippen molar-refractivity contribution in [2.75, 3.05) is 29.9 Å². The molecule has 2 rings (SSSR count). The number of hydrogen-bond donors (Lipinski definition) is 1. The first-order valence-electron chi connectivity index (χ1n) is 7.68. The van der Waals surface area contributed by atoms with Gasteiger partial charge >= 0.3 is 0 Å². The number of fused-ring (bicyclic) bond motifs is 1. The molecule has 0 spiro atoms. The van der Waals surface area contributed by atoms with Crippen molar-refractivity contribution in [1.29, 1.82) is 0 Å². The van der Waals surface area contributed by atoms with Gasteiger partial charge in [0.25, 0.3) is 0 Å². The van der Waals surface area contributed by atoms with Crippen LogP contribution in [0.3, 0.4) is 0 Å². The zero-order chi connectivity index (χ0) is 13.7. The van der Waals surface area contributed by atoms with Crippen LogP contribution in [0.2, 0.25) is 0 Å². The molecular formula is C15H26N4. The standard InChI is InChI=1S/C15H26N4/c1-4-16-14-12-10-8-7-9-11-13(12)17-15(18-14)19(5-2)6-3/h4-11H2,1-3H3,(H,16,17,18). The molecule has 0 amide bonds. The third-order valence-corrected chi connectivity index (χ3v) is 3.81. The first-order valence-corrected chi connectivity index (χ1v) is 7.68. The van der Waals surface area contributed by atoms with Gasteiger partial charge in [0.1, 0.15) is 5.82 Å². The molecule has 4 heteroatoms. The number of aryl methyl sites for hydroxylation is 1. The summed E-state index contributed by atoms with van der Waals surface area (Å²) in [7, 11) is 0. The molecule has 0 fully saturated rings. The first kappa shape index (κ1) is 14.1. The van der Waals surface area contributed by atoms with E-state index in [2.05, 4.69) is 31.0 Å². The highest BCUT2D eigenvalue weighted by Crippen LogP contribution is 2.27. The monoisotopic (exact) mass is 262 g/mol. The summed E-state index contributed by atoms with van der Waals surface area (Å²) in [6.45, 7) is 9.28. The van der Waals surface area contributed by atoms with Crippen LogP contribution in [0.5, 0.6) is 0 Å². The van der Waals surface area contributed by atoms with E-state index in [0.29, 0.717) is 0 Å². The average molecular weight is 262 g/mol. The van der Waals surface area contributed by atoms with E-state index in [4.69, 9.17) is 9.97 Å². The Labute approximate surface area is 116 Å². The zero-order valence-corrected chi connectivity index (χ0v) is 12.5. The molecule has 106 valence electrons. The predicted molar refractivity (Wildman–Crippen MR) is 81.0 cm³/mol. The first-order chi connectivity index (χ1) is 9.30. The van der Waals surface area contributed by atoms with E-state index in [1.54, 1.807) is 0 Å². The molecule has 1 heterocycles. The van der Waals surface area contributed by atoms with Crippen LogP contribution in [0.1, 0.15) is 51.3 Å². The van der Waals surface area contributed by atoms with Gasteiger partial charge in [-0.3, -0.25) is 0 Å². The maximum Gasteiger partial charge on any atom is 0.227 e. The molecular weight excluding hydrogens is 236 g/mol. The van der Waals surface area contributed by atoms with Crippen molar-refractivity contribution in [1.82, 2.24) is 9.97 Å². The topological polar surface area (TPSA) is 41.1 Å². The number of anilines is 2. The Morgan fingerprint density at radius 1 is 1.00 bits per heavy atom. The van der Waals surface area contributed by atoms with Crippen LogP contribution in [-0.2, 0) is 12.8 Å². The largest absolute Gasteiger partial charge is 0.370 e. The number of aromatic nitrogens is 2. The lowest BCUT2D eigenvalue weighted by molar-refractivity contribution is 0.708. The van der Waals surface area contributed by atoms with Gasteiger partial charge in [0.2, 0.25) is 5.95 Å². The second kappa shape index (κ2) is 6.73. The summed E-state index contributed by atoms with van der Waals surface area (Å²) in [5.41, 5.74) is 2.63. The van der Waals surface area contributed by atoms with E-state index in [9.17, 15) is 0 Å². The van der Waals surface area contributed by atoms with Crippen molar-refractivity contribution in [3.8, 4) is 0 Å². The zero-order valence-electron chi connectivity index (χ0n) is 12.5. The molecule has 0 saturated carbocycles. The molecule has 0 aromatic carbocycles. The lowest BCUT2D eigenvalue weighted by Gasteiger charge is -2.22. The van der Waals surface area contributed by atoms with Gasteiger partial charge in [-0.05, 0) is 46.5 Å². The van der Waals surface area contributed by atoms with Crippen LogP contribution in [0, 0.1) is 0 Å². The van der Waals surface area contributed by atoms with Crippen LogP contribution in [0.25, 0.3) is 0 Å². The Bertz CT molecular complexity index is 413. The predicted octanol–water partition coefficient (Wildman–Crippen LogP) is 3.02. The third-order valence-electron chi connectivity index (χ3n) is 3.81. The van der Waals surface area contributed by atoms with Crippen molar-refractivity contribution >= 4 is 11.8 Å². The fourth-order valence-electron chi connectivity index (χ4n) is 2.72. The molecule has 0 radical (unpaired) electrons. The summed E-state index contributed by atoms with van der Waals surface area (Å²) in [4.78, 5) is 11.8. The summed E-state index contributed by atoms with van der Waals surface area (Å²) in [6.07, 6.45) is 6.05. The maximum absolute atomic E-state index is 4.83. The quantitative estimate of drug-likeness (QED) is 0.828. The molecule has 1 aliphatic rings. The lowest BCUT2D eigenvalue weighted by Crippen LogP contribution is -2.25. The molecule has 1 aromatic heterocycles. The highest BCUT2D eigenvalue weighted by molar-refractivity contribution is 5.52. The number of hydrogen-bond acceptors (Lipinski definition) is 4. The normalized spacial score (nSPS) is 14.7. The van der Waals surface area contributed by atoms with Gasteiger partial charge in [-0.15, -0.1) is 0 Å². The van der Waals surface area contributed by atoms with Crippen molar-refractivity contribution in [3.05, 3.63) is 11.3 Å². The second-order valence-electron chi connectivity index (χ2n) is 5.06. The van der Waals surface area contributed by atoms with Crippen LogP contribution >= 0.6 is 0 Å². The Balaban J connectivity index is 2.41. The fourth-order valence-corrected chi connectivity index (χ4v) is 2.72. The van der Waals surface area contributed by atoms with E-state index in [0.717, 1.165) is 44.2 Å². The number of nitrogens with one attached hydrogen (secondary N) is 1. The van der Waals surface area contributed by atoms with Crippen molar-refractivity contribution in [2.24, 2.45) is 0 Å². The molecule has 0 saturated heterocycles. The van der Waals surface area contributed by atoms with Gasteiger partial charge in [0.15, 0.2) is 0 Å². The lowest BCUT2D eigenvalue weighted by atomic mass is 10.1. The van der Waals surface area contributed by atoms with Crippen LogP contribution in [-0.4, -0.2) is 29.6 Å². The van der Waals surface area contributed by atoms with E-state index < -0.39 is 0 Å². The summed E-state index contributed by atoms with van der Waals surface area (Å²) in [5, 5.41) is 3.43. The van der Waals surface area contributed by atoms with Gasteiger partial charge in [0.05, 0.1) is 5.69 Å². The fraction of sp³-hybridized carbons (Fsp3) is 0.733. The van der Waals surface area contributed by atoms with Crippen LogP contribution < -0.4 is 10.2 Å². The van der Waals surface area contributed by atoms with Gasteiger partial charge in [-0.2, -0.15) is 4.98 Å². The summed E-state index contributed by atoms with van der Waals surface area (Å²) in [6, 6.07) is 0. The van der Waals surface area contributed by atoms with Crippen molar-refractivity contribution in [3.63, 3.8) is 0 Å². The highest BCUT2D eigenvalue weighted by atomic mass is 15.3. The van der Waals surface area contributed by atoms with Gasteiger partial charge in [0, 0.05) is 25.2 Å². The van der Waals surface area contributed by atoms with E-state index in [-0.39, 0.29) is 0 Å². The van der Waals surface area contributed by atoms with E-state index in [1.165, 1.54) is 30.5 Å². The molecule has 1 aromatic rings. The van der Waals surface area contributed by atoms with E-state index in [1.807, 2.05) is 0 Å². The number of rotatable bonds is 5. The Hall–Kier alpha value is -1.32. The summed E-state index contributed by atoms with van der Waals surface area (Å²) < 4.78 is 0.